The summed E-state index contributed by atoms with van der Waals surface area (Å²) in [6.45, 7) is 3.96. The average molecular weight is 442 g/mol. The number of hydrogen-bond acceptors (Lipinski definition) is 5. The van der Waals surface area contributed by atoms with Gasteiger partial charge in [-0.1, -0.05) is 39.3 Å². The van der Waals surface area contributed by atoms with Gasteiger partial charge in [0.25, 0.3) is 5.91 Å². The SMILES string of the molecule is C=CCc1cc(C(=O)N(C)Cc2nc(-c3cccc(Br)c3)no2)ccc1OC. The number of methoxy groups -OCH3 is 1. The van der Waals surface area contributed by atoms with Gasteiger partial charge in [0.2, 0.25) is 11.7 Å². The van der Waals surface area contributed by atoms with Crippen molar-refractivity contribution in [3.63, 3.8) is 0 Å². The molecule has 0 aliphatic rings. The van der Waals surface area contributed by atoms with Crippen molar-refractivity contribution in [3.8, 4) is 17.1 Å². The number of rotatable bonds is 7. The van der Waals surface area contributed by atoms with E-state index in [2.05, 4.69) is 32.6 Å². The number of hydrogen-bond donors (Lipinski definition) is 0. The Kier molecular flexibility index (Phi) is 6.26. The lowest BCUT2D eigenvalue weighted by atomic mass is 10.1. The summed E-state index contributed by atoms with van der Waals surface area (Å²) in [6.07, 6.45) is 2.39. The zero-order valence-corrected chi connectivity index (χ0v) is 17.3. The van der Waals surface area contributed by atoms with E-state index in [4.69, 9.17) is 9.26 Å². The van der Waals surface area contributed by atoms with Gasteiger partial charge in [0.05, 0.1) is 13.7 Å². The number of allylic oxidation sites excluding steroid dienone is 1. The van der Waals surface area contributed by atoms with Gasteiger partial charge in [-0.2, -0.15) is 4.98 Å². The maximum absolute atomic E-state index is 12.8. The van der Waals surface area contributed by atoms with Gasteiger partial charge in [0.15, 0.2) is 0 Å². The van der Waals surface area contributed by atoms with Crippen molar-refractivity contribution in [3.05, 3.63) is 76.6 Å². The van der Waals surface area contributed by atoms with Gasteiger partial charge in [0.1, 0.15) is 5.75 Å². The lowest BCUT2D eigenvalue weighted by molar-refractivity contribution is 0.0769. The van der Waals surface area contributed by atoms with E-state index in [0.29, 0.717) is 23.7 Å². The van der Waals surface area contributed by atoms with Gasteiger partial charge in [-0.15, -0.1) is 6.58 Å². The van der Waals surface area contributed by atoms with Crippen LogP contribution in [-0.2, 0) is 13.0 Å². The summed E-state index contributed by atoms with van der Waals surface area (Å²) in [4.78, 5) is 18.7. The molecule has 1 amide bonds. The van der Waals surface area contributed by atoms with Crippen LogP contribution in [-0.4, -0.2) is 35.1 Å². The first kappa shape index (κ1) is 19.8. The van der Waals surface area contributed by atoms with Crippen molar-refractivity contribution >= 4 is 21.8 Å². The third-order valence-corrected chi connectivity index (χ3v) is 4.65. The predicted molar refractivity (Wildman–Crippen MR) is 110 cm³/mol. The highest BCUT2D eigenvalue weighted by molar-refractivity contribution is 9.10. The van der Waals surface area contributed by atoms with Crippen LogP contribution in [0.2, 0.25) is 0 Å². The van der Waals surface area contributed by atoms with E-state index >= 15 is 0 Å². The number of benzene rings is 2. The molecule has 0 atom stereocenters. The zero-order chi connectivity index (χ0) is 20.1. The normalized spacial score (nSPS) is 10.5. The highest BCUT2D eigenvalue weighted by Crippen LogP contribution is 2.23. The van der Waals surface area contributed by atoms with E-state index in [1.54, 1.807) is 32.4 Å². The van der Waals surface area contributed by atoms with Gasteiger partial charge in [-0.05, 0) is 42.3 Å². The van der Waals surface area contributed by atoms with Crippen molar-refractivity contribution in [2.45, 2.75) is 13.0 Å². The Morgan fingerprint density at radius 3 is 2.86 bits per heavy atom. The summed E-state index contributed by atoms with van der Waals surface area (Å²) in [5, 5.41) is 4.00. The smallest absolute Gasteiger partial charge is 0.254 e. The number of aromatic nitrogens is 2. The first-order valence-corrected chi connectivity index (χ1v) is 9.43. The van der Waals surface area contributed by atoms with Crippen LogP contribution in [0.5, 0.6) is 5.75 Å². The topological polar surface area (TPSA) is 68.5 Å². The van der Waals surface area contributed by atoms with Gasteiger partial charge in [-0.3, -0.25) is 4.79 Å². The number of carbonyl (C=O) groups excluding carboxylic acids is 1. The highest BCUT2D eigenvalue weighted by atomic mass is 79.9. The van der Waals surface area contributed by atoms with Crippen LogP contribution in [0, 0.1) is 0 Å². The molecular weight excluding hydrogens is 422 g/mol. The second-order valence-corrected chi connectivity index (χ2v) is 7.12. The van der Waals surface area contributed by atoms with E-state index in [1.807, 2.05) is 30.3 Å². The Hall–Kier alpha value is -2.93. The molecule has 3 rings (SSSR count). The van der Waals surface area contributed by atoms with Gasteiger partial charge < -0.3 is 14.2 Å². The van der Waals surface area contributed by atoms with E-state index < -0.39 is 0 Å². The average Bonchev–Trinajstić information content (AvgIpc) is 3.16. The van der Waals surface area contributed by atoms with E-state index in [1.165, 1.54) is 4.90 Å². The number of halogens is 1. The minimum absolute atomic E-state index is 0.143. The number of nitrogens with zero attached hydrogens (tertiary/aromatic N) is 3. The molecular formula is C21H20BrN3O3. The van der Waals surface area contributed by atoms with Crippen molar-refractivity contribution in [1.82, 2.24) is 15.0 Å². The summed E-state index contributed by atoms with van der Waals surface area (Å²) >= 11 is 3.42. The molecule has 0 spiro atoms. The largest absolute Gasteiger partial charge is 0.496 e. The van der Waals surface area contributed by atoms with Crippen molar-refractivity contribution in [2.24, 2.45) is 0 Å². The summed E-state index contributed by atoms with van der Waals surface area (Å²) in [7, 11) is 3.30. The Balaban J connectivity index is 1.74. The molecule has 0 aliphatic heterocycles. The molecule has 2 aromatic carbocycles. The minimum Gasteiger partial charge on any atom is -0.496 e. The molecule has 0 bridgehead atoms. The fourth-order valence-electron chi connectivity index (χ4n) is 2.79. The lowest BCUT2D eigenvalue weighted by Crippen LogP contribution is -2.26. The molecule has 0 saturated carbocycles. The summed E-state index contributed by atoms with van der Waals surface area (Å²) in [5.41, 5.74) is 2.31. The predicted octanol–water partition coefficient (Wildman–Crippen LogP) is 4.51. The van der Waals surface area contributed by atoms with Crippen LogP contribution < -0.4 is 4.74 Å². The molecule has 0 unspecified atom stereocenters. The quantitative estimate of drug-likeness (QED) is 0.504. The molecule has 28 heavy (non-hydrogen) atoms. The maximum atomic E-state index is 12.8. The van der Waals surface area contributed by atoms with Gasteiger partial charge >= 0.3 is 0 Å². The Bertz CT molecular complexity index is 1000. The molecule has 1 aromatic heterocycles. The second kappa shape index (κ2) is 8.84. The van der Waals surface area contributed by atoms with E-state index in [0.717, 1.165) is 21.3 Å². The summed E-state index contributed by atoms with van der Waals surface area (Å²) in [6, 6.07) is 13.0. The Morgan fingerprint density at radius 1 is 1.32 bits per heavy atom. The standard InChI is InChI=1S/C21H20BrN3O3/c1-4-6-14-11-16(9-10-18(14)27-3)21(26)25(2)13-19-23-20(24-28-19)15-7-5-8-17(22)12-15/h4-5,7-12H,1,6,13H2,2-3H3. The molecule has 0 N–H and O–H groups in total. The molecule has 6 nitrogen and oxygen atoms in total. The molecule has 3 aromatic rings. The van der Waals surface area contributed by atoms with Crippen molar-refractivity contribution in [1.29, 1.82) is 0 Å². The number of ether oxygens (including phenoxy) is 1. The molecule has 144 valence electrons. The minimum atomic E-state index is -0.143. The molecule has 0 aliphatic carbocycles. The lowest BCUT2D eigenvalue weighted by Gasteiger charge is -2.16. The molecule has 0 fully saturated rings. The van der Waals surface area contributed by atoms with Crippen LogP contribution in [0.3, 0.4) is 0 Å². The van der Waals surface area contributed by atoms with E-state index in [-0.39, 0.29) is 12.5 Å². The summed E-state index contributed by atoms with van der Waals surface area (Å²) < 4.78 is 11.6. The van der Waals surface area contributed by atoms with Crippen LogP contribution >= 0.6 is 15.9 Å². The molecule has 7 heteroatoms. The van der Waals surface area contributed by atoms with Crippen LogP contribution in [0.25, 0.3) is 11.4 Å². The maximum Gasteiger partial charge on any atom is 0.254 e. The summed E-state index contributed by atoms with van der Waals surface area (Å²) in [5.74, 6) is 1.44. The third kappa shape index (κ3) is 4.48. The molecule has 0 radical (unpaired) electrons. The zero-order valence-electron chi connectivity index (χ0n) is 15.7. The third-order valence-electron chi connectivity index (χ3n) is 4.16. The van der Waals surface area contributed by atoms with Gasteiger partial charge in [0, 0.05) is 22.6 Å². The molecule has 0 saturated heterocycles. The fourth-order valence-corrected chi connectivity index (χ4v) is 3.18. The van der Waals surface area contributed by atoms with Crippen LogP contribution in [0.15, 0.2) is 64.1 Å². The molecule has 1 heterocycles. The van der Waals surface area contributed by atoms with Crippen molar-refractivity contribution < 1.29 is 14.1 Å². The van der Waals surface area contributed by atoms with E-state index in [9.17, 15) is 4.79 Å². The Labute approximate surface area is 171 Å². The monoisotopic (exact) mass is 441 g/mol. The number of carbonyl (C=O) groups is 1. The first-order valence-electron chi connectivity index (χ1n) is 8.63. The van der Waals surface area contributed by atoms with Gasteiger partial charge in [-0.25, -0.2) is 0 Å². The number of amides is 1. The second-order valence-electron chi connectivity index (χ2n) is 6.20. The van der Waals surface area contributed by atoms with Crippen molar-refractivity contribution in [2.75, 3.05) is 14.2 Å². The van der Waals surface area contributed by atoms with Crippen LogP contribution in [0.4, 0.5) is 0 Å². The fraction of sp³-hybridized carbons (Fsp3) is 0.190. The highest BCUT2D eigenvalue weighted by Gasteiger charge is 2.17. The van der Waals surface area contributed by atoms with Crippen LogP contribution in [0.1, 0.15) is 21.8 Å². The Morgan fingerprint density at radius 2 is 2.14 bits per heavy atom. The first-order chi connectivity index (χ1) is 13.5.